The van der Waals surface area contributed by atoms with Crippen LogP contribution in [0.25, 0.3) is 0 Å². The molecule has 1 amide bonds. The van der Waals surface area contributed by atoms with Gasteiger partial charge in [0.25, 0.3) is 0 Å². The van der Waals surface area contributed by atoms with Crippen LogP contribution in [0.3, 0.4) is 0 Å². The van der Waals surface area contributed by atoms with Gasteiger partial charge in [0.15, 0.2) is 0 Å². The summed E-state index contributed by atoms with van der Waals surface area (Å²) in [6.45, 7) is 2.05. The average molecular weight is 313 g/mol. The minimum atomic E-state index is -0.0932. The molecule has 2 rings (SSSR count). The molecule has 0 unspecified atom stereocenters. The first-order valence-corrected chi connectivity index (χ1v) is 8.11. The Kier molecular flexibility index (Phi) is 6.64. The Morgan fingerprint density at radius 3 is 2.32 bits per heavy atom. The highest BCUT2D eigenvalue weighted by Crippen LogP contribution is 2.17. The van der Waals surface area contributed by atoms with Crippen LogP contribution >= 0.6 is 11.8 Å². The summed E-state index contributed by atoms with van der Waals surface area (Å²) in [5.74, 6) is 0.406. The molecule has 0 aliphatic carbocycles. The molecule has 114 valence electrons. The van der Waals surface area contributed by atoms with Gasteiger partial charge in [-0.05, 0) is 24.1 Å². The zero-order chi connectivity index (χ0) is 15.6. The number of rotatable bonds is 7. The minimum Gasteiger partial charge on any atom is -0.273 e. The molecule has 0 aromatic heterocycles. The molecule has 0 saturated carbocycles. The van der Waals surface area contributed by atoms with E-state index in [1.54, 1.807) is 11.8 Å². The monoisotopic (exact) mass is 313 g/mol. The third kappa shape index (κ3) is 5.69. The highest BCUT2D eigenvalue weighted by molar-refractivity contribution is 7.99. The first kappa shape index (κ1) is 16.2. The summed E-state index contributed by atoms with van der Waals surface area (Å²) >= 11 is 1.59. The Hall–Kier alpha value is -2.14. The van der Waals surface area contributed by atoms with Crippen LogP contribution < -0.4 is 0 Å². The van der Waals surface area contributed by atoms with Gasteiger partial charge in [0.2, 0.25) is 5.91 Å². The van der Waals surface area contributed by atoms with Crippen molar-refractivity contribution in [3.05, 3.63) is 66.2 Å². The van der Waals surface area contributed by atoms with Crippen molar-refractivity contribution in [2.24, 2.45) is 10.3 Å². The largest absolute Gasteiger partial charge is 0.273 e. The van der Waals surface area contributed by atoms with Crippen molar-refractivity contribution in [3.63, 3.8) is 0 Å². The average Bonchev–Trinajstić information content (AvgIpc) is 2.55. The normalized spacial score (nSPS) is 10.8. The number of hydrogen-bond donors (Lipinski definition) is 0. The molecule has 0 fully saturated rings. The molecule has 0 spiro atoms. The third-order valence-electron chi connectivity index (χ3n) is 3.02. The fraction of sp³-hybridized carbons (Fsp3) is 0.235. The van der Waals surface area contributed by atoms with E-state index in [1.807, 2.05) is 60.7 Å². The van der Waals surface area contributed by atoms with Crippen LogP contribution in [0.4, 0.5) is 0 Å². The highest BCUT2D eigenvalue weighted by atomic mass is 32.2. The van der Waals surface area contributed by atoms with Gasteiger partial charge in [-0.1, -0.05) is 53.8 Å². The lowest BCUT2D eigenvalue weighted by Gasteiger charge is -2.13. The number of nitrogens with zero attached hydrogens (tertiary/aromatic N) is 3. The van der Waals surface area contributed by atoms with E-state index in [2.05, 4.69) is 10.3 Å². The van der Waals surface area contributed by atoms with Crippen molar-refractivity contribution in [1.82, 2.24) is 5.01 Å². The molecule has 0 bridgehead atoms. The zero-order valence-electron chi connectivity index (χ0n) is 12.6. The van der Waals surface area contributed by atoms with Gasteiger partial charge in [-0.15, -0.1) is 11.8 Å². The topological polar surface area (TPSA) is 45.0 Å². The van der Waals surface area contributed by atoms with Gasteiger partial charge in [-0.2, -0.15) is 5.11 Å². The van der Waals surface area contributed by atoms with Gasteiger partial charge in [0, 0.05) is 11.8 Å². The van der Waals surface area contributed by atoms with E-state index in [0.29, 0.717) is 12.4 Å². The van der Waals surface area contributed by atoms with Crippen LogP contribution in [-0.2, 0) is 11.2 Å². The van der Waals surface area contributed by atoms with Gasteiger partial charge in [0.05, 0.1) is 6.54 Å². The lowest BCUT2D eigenvalue weighted by molar-refractivity contribution is -0.129. The van der Waals surface area contributed by atoms with E-state index in [9.17, 15) is 4.79 Å². The molecule has 0 aliphatic rings. The molecule has 0 aliphatic heterocycles. The fourth-order valence-electron chi connectivity index (χ4n) is 1.87. The third-order valence-corrected chi connectivity index (χ3v) is 3.87. The predicted octanol–water partition coefficient (Wildman–Crippen LogP) is 4.19. The van der Waals surface area contributed by atoms with E-state index in [-0.39, 0.29) is 5.91 Å². The Morgan fingerprint density at radius 1 is 1.05 bits per heavy atom. The van der Waals surface area contributed by atoms with Crippen molar-refractivity contribution >= 4 is 17.7 Å². The maximum atomic E-state index is 11.6. The molecule has 2 aromatic carbocycles. The summed E-state index contributed by atoms with van der Waals surface area (Å²) in [6.07, 6.45) is 0.769. The van der Waals surface area contributed by atoms with Crippen molar-refractivity contribution < 1.29 is 4.79 Å². The molecule has 0 atom stereocenters. The summed E-state index contributed by atoms with van der Waals surface area (Å²) in [5, 5.41) is 9.55. The molecular formula is C17H19N3OS. The molecule has 4 nitrogen and oxygen atoms in total. The lowest BCUT2D eigenvalue weighted by atomic mass is 10.1. The van der Waals surface area contributed by atoms with Gasteiger partial charge >= 0.3 is 0 Å². The van der Waals surface area contributed by atoms with Crippen LogP contribution in [0.15, 0.2) is 75.9 Å². The standard InChI is InChI=1S/C17H19N3OS/c1-15(21)20(13-12-16-8-4-2-5-9-16)19-18-14-22-17-10-6-3-7-11-17/h2-11H,12-14H2,1H3/b19-18+. The molecule has 2 aromatic rings. The number of carbonyl (C=O) groups excluding carboxylic acids is 1. The van der Waals surface area contributed by atoms with E-state index >= 15 is 0 Å². The van der Waals surface area contributed by atoms with Crippen LogP contribution in [0, 0.1) is 0 Å². The highest BCUT2D eigenvalue weighted by Gasteiger charge is 2.07. The second-order valence-corrected chi connectivity index (χ2v) is 5.71. The Labute approximate surface area is 135 Å². The summed E-state index contributed by atoms with van der Waals surface area (Å²) in [5.41, 5.74) is 1.18. The van der Waals surface area contributed by atoms with Crippen molar-refractivity contribution in [2.75, 3.05) is 12.4 Å². The van der Waals surface area contributed by atoms with Gasteiger partial charge in [0.1, 0.15) is 5.88 Å². The van der Waals surface area contributed by atoms with E-state index in [4.69, 9.17) is 0 Å². The number of hydrogen-bond acceptors (Lipinski definition) is 4. The Morgan fingerprint density at radius 2 is 1.68 bits per heavy atom. The molecule has 5 heteroatoms. The quantitative estimate of drug-likeness (QED) is 0.437. The molecule has 0 heterocycles. The number of benzene rings is 2. The molecule has 0 radical (unpaired) electrons. The second kappa shape index (κ2) is 9.00. The minimum absolute atomic E-state index is 0.0932. The maximum Gasteiger partial charge on any atom is 0.240 e. The van der Waals surface area contributed by atoms with Crippen molar-refractivity contribution in [1.29, 1.82) is 0 Å². The van der Waals surface area contributed by atoms with E-state index < -0.39 is 0 Å². The molecule has 0 saturated heterocycles. The summed E-state index contributed by atoms with van der Waals surface area (Å²) in [6, 6.07) is 20.1. The first-order valence-electron chi connectivity index (χ1n) is 7.13. The summed E-state index contributed by atoms with van der Waals surface area (Å²) in [4.78, 5) is 12.7. The van der Waals surface area contributed by atoms with Crippen LogP contribution in [0.2, 0.25) is 0 Å². The van der Waals surface area contributed by atoms with Gasteiger partial charge in [-0.3, -0.25) is 4.79 Å². The van der Waals surface area contributed by atoms with Crippen molar-refractivity contribution in [3.8, 4) is 0 Å². The van der Waals surface area contributed by atoms with E-state index in [1.165, 1.54) is 17.5 Å². The second-order valence-electron chi connectivity index (χ2n) is 4.70. The van der Waals surface area contributed by atoms with Crippen LogP contribution in [0.5, 0.6) is 0 Å². The Balaban J connectivity index is 1.81. The number of carbonyl (C=O) groups is 1. The SMILES string of the molecule is CC(=O)N(CCc1ccccc1)/N=N/CSc1ccccc1. The summed E-state index contributed by atoms with van der Waals surface area (Å²) in [7, 11) is 0. The first-order chi connectivity index (χ1) is 10.8. The van der Waals surface area contributed by atoms with E-state index in [0.717, 1.165) is 11.3 Å². The molecule has 0 N–H and O–H groups in total. The molecular weight excluding hydrogens is 294 g/mol. The van der Waals surface area contributed by atoms with Gasteiger partial charge in [-0.25, -0.2) is 5.01 Å². The zero-order valence-corrected chi connectivity index (χ0v) is 13.4. The van der Waals surface area contributed by atoms with Crippen molar-refractivity contribution in [2.45, 2.75) is 18.2 Å². The Bertz CT molecular complexity index is 602. The van der Waals surface area contributed by atoms with Crippen LogP contribution in [0.1, 0.15) is 12.5 Å². The lowest BCUT2D eigenvalue weighted by Crippen LogP contribution is -2.25. The van der Waals surface area contributed by atoms with Crippen LogP contribution in [-0.4, -0.2) is 23.3 Å². The summed E-state index contributed by atoms with van der Waals surface area (Å²) < 4.78 is 0. The predicted molar refractivity (Wildman–Crippen MR) is 89.6 cm³/mol. The smallest absolute Gasteiger partial charge is 0.240 e. The maximum absolute atomic E-state index is 11.6. The fourth-order valence-corrected chi connectivity index (χ4v) is 2.48. The van der Waals surface area contributed by atoms with Gasteiger partial charge < -0.3 is 0 Å². The number of amides is 1. The molecule has 22 heavy (non-hydrogen) atoms. The number of thioether (sulfide) groups is 1.